The number of carbonyl (C=O) groups excluding carboxylic acids is 1. The number of aromatic nitrogens is 3. The van der Waals surface area contributed by atoms with Gasteiger partial charge >= 0.3 is 0 Å². The first kappa shape index (κ1) is 13.5. The quantitative estimate of drug-likeness (QED) is 0.787. The predicted octanol–water partition coefficient (Wildman–Crippen LogP) is -0.343. The van der Waals surface area contributed by atoms with Crippen LogP contribution in [0, 0.1) is 5.92 Å². The molecule has 2 N–H and O–H groups in total. The molecule has 1 aromatic heterocycles. The van der Waals surface area contributed by atoms with E-state index in [2.05, 4.69) is 15.6 Å². The van der Waals surface area contributed by atoms with Crippen LogP contribution in [0.2, 0.25) is 0 Å². The van der Waals surface area contributed by atoms with Crippen LogP contribution in [-0.4, -0.2) is 63.7 Å². The second-order valence-electron chi connectivity index (χ2n) is 5.67. The van der Waals surface area contributed by atoms with Crippen LogP contribution in [0.15, 0.2) is 6.20 Å². The maximum absolute atomic E-state index is 12.4. The van der Waals surface area contributed by atoms with Crippen LogP contribution in [0.4, 0.5) is 0 Å². The molecule has 2 fully saturated rings. The van der Waals surface area contributed by atoms with E-state index in [4.69, 9.17) is 5.11 Å². The summed E-state index contributed by atoms with van der Waals surface area (Å²) >= 11 is 0. The highest BCUT2D eigenvalue weighted by atomic mass is 16.3. The molecule has 0 saturated carbocycles. The molecule has 110 valence electrons. The molecule has 0 aromatic carbocycles. The molecule has 2 saturated heterocycles. The molecule has 0 bridgehead atoms. The van der Waals surface area contributed by atoms with E-state index in [9.17, 15) is 4.79 Å². The summed E-state index contributed by atoms with van der Waals surface area (Å²) in [5, 5.41) is 20.3. The van der Waals surface area contributed by atoms with E-state index in [0.29, 0.717) is 17.7 Å². The van der Waals surface area contributed by atoms with Crippen LogP contribution in [0.1, 0.15) is 35.8 Å². The topological polar surface area (TPSA) is 83.3 Å². The van der Waals surface area contributed by atoms with E-state index in [0.717, 1.165) is 45.4 Å². The van der Waals surface area contributed by atoms with E-state index >= 15 is 0 Å². The minimum atomic E-state index is -0.0360. The maximum Gasteiger partial charge on any atom is 0.276 e. The minimum absolute atomic E-state index is 0.0360. The van der Waals surface area contributed by atoms with E-state index in [1.165, 1.54) is 0 Å². The Bertz CT molecular complexity index is 469. The third-order valence-electron chi connectivity index (χ3n) is 4.21. The zero-order valence-corrected chi connectivity index (χ0v) is 11.5. The Hall–Kier alpha value is -1.47. The summed E-state index contributed by atoms with van der Waals surface area (Å²) in [5.74, 6) is 0.370. The smallest absolute Gasteiger partial charge is 0.276 e. The number of nitrogens with zero attached hydrogens (tertiary/aromatic N) is 4. The monoisotopic (exact) mass is 279 g/mol. The van der Waals surface area contributed by atoms with Gasteiger partial charge < -0.3 is 15.3 Å². The van der Waals surface area contributed by atoms with Crippen molar-refractivity contribution in [1.29, 1.82) is 0 Å². The summed E-state index contributed by atoms with van der Waals surface area (Å²) < 4.78 is 1.78. The summed E-state index contributed by atoms with van der Waals surface area (Å²) in [7, 11) is 0. The highest BCUT2D eigenvalue weighted by Gasteiger charge is 2.27. The number of carbonyl (C=O) groups is 1. The molecule has 0 spiro atoms. The van der Waals surface area contributed by atoms with Crippen molar-refractivity contribution in [2.24, 2.45) is 5.92 Å². The van der Waals surface area contributed by atoms with Crippen LogP contribution in [0.25, 0.3) is 0 Å². The highest BCUT2D eigenvalue weighted by molar-refractivity contribution is 5.92. The largest absolute Gasteiger partial charge is 0.396 e. The van der Waals surface area contributed by atoms with Crippen molar-refractivity contribution in [2.45, 2.75) is 25.3 Å². The summed E-state index contributed by atoms with van der Waals surface area (Å²) in [4.78, 5) is 14.3. The second kappa shape index (κ2) is 5.88. The van der Waals surface area contributed by atoms with Gasteiger partial charge in [0.2, 0.25) is 0 Å². The van der Waals surface area contributed by atoms with Crippen LogP contribution >= 0.6 is 0 Å². The molecule has 7 nitrogen and oxygen atoms in total. The number of aliphatic hydroxyl groups is 1. The number of rotatable bonds is 4. The lowest BCUT2D eigenvalue weighted by molar-refractivity contribution is 0.0647. The Morgan fingerprint density at radius 3 is 3.05 bits per heavy atom. The van der Waals surface area contributed by atoms with Gasteiger partial charge in [-0.25, -0.2) is 4.68 Å². The van der Waals surface area contributed by atoms with Crippen LogP contribution < -0.4 is 5.32 Å². The zero-order valence-electron chi connectivity index (χ0n) is 11.5. The van der Waals surface area contributed by atoms with Gasteiger partial charge in [0.05, 0.1) is 12.2 Å². The molecule has 2 aliphatic heterocycles. The Kier molecular flexibility index (Phi) is 3.98. The minimum Gasteiger partial charge on any atom is -0.396 e. The summed E-state index contributed by atoms with van der Waals surface area (Å²) in [6.07, 6.45) is 4.61. The first-order valence-corrected chi connectivity index (χ1v) is 7.30. The van der Waals surface area contributed by atoms with Crippen LogP contribution in [0.5, 0.6) is 0 Å². The van der Waals surface area contributed by atoms with Crippen molar-refractivity contribution in [2.75, 3.05) is 32.8 Å². The van der Waals surface area contributed by atoms with Crippen molar-refractivity contribution in [3.05, 3.63) is 11.9 Å². The number of aliphatic hydroxyl groups excluding tert-OH is 1. The Morgan fingerprint density at radius 2 is 2.35 bits per heavy atom. The molecule has 1 unspecified atom stereocenters. The zero-order chi connectivity index (χ0) is 13.9. The van der Waals surface area contributed by atoms with Gasteiger partial charge in [0.25, 0.3) is 5.91 Å². The van der Waals surface area contributed by atoms with Gasteiger partial charge in [0, 0.05) is 32.8 Å². The lowest BCUT2D eigenvalue weighted by Gasteiger charge is -2.32. The first-order chi connectivity index (χ1) is 9.78. The van der Waals surface area contributed by atoms with Crippen molar-refractivity contribution >= 4 is 5.91 Å². The summed E-state index contributed by atoms with van der Waals surface area (Å²) in [5.41, 5.74) is 0.432. The third kappa shape index (κ3) is 2.69. The Labute approximate surface area is 117 Å². The molecule has 3 heterocycles. The molecular weight excluding hydrogens is 258 g/mol. The lowest BCUT2D eigenvalue weighted by atomic mass is 9.95. The lowest BCUT2D eigenvalue weighted by Crippen LogP contribution is -2.43. The van der Waals surface area contributed by atoms with Gasteiger partial charge in [-0.1, -0.05) is 5.21 Å². The number of hydrogen-bond donors (Lipinski definition) is 2. The fourth-order valence-electron chi connectivity index (χ4n) is 2.84. The van der Waals surface area contributed by atoms with Crippen LogP contribution in [-0.2, 0) is 0 Å². The molecule has 1 atom stereocenters. The standard InChI is InChI=1S/C13H21N5O2/c19-5-3-10-2-1-4-17(8-10)13(20)12-9-18(16-15-12)11-6-14-7-11/h9-11,14,19H,1-8H2. The van der Waals surface area contributed by atoms with E-state index in [1.807, 2.05) is 4.90 Å². The molecule has 0 aliphatic carbocycles. The van der Waals surface area contributed by atoms with Gasteiger partial charge in [-0.05, 0) is 25.2 Å². The van der Waals surface area contributed by atoms with E-state index < -0.39 is 0 Å². The molecule has 7 heteroatoms. The fraction of sp³-hybridized carbons (Fsp3) is 0.769. The van der Waals surface area contributed by atoms with Crippen molar-refractivity contribution in [3.8, 4) is 0 Å². The summed E-state index contributed by atoms with van der Waals surface area (Å²) in [6, 6.07) is 0.326. The van der Waals surface area contributed by atoms with Gasteiger partial charge in [-0.3, -0.25) is 4.79 Å². The molecule has 20 heavy (non-hydrogen) atoms. The number of nitrogens with one attached hydrogen (secondary N) is 1. The number of piperidine rings is 1. The number of amides is 1. The van der Waals surface area contributed by atoms with E-state index in [-0.39, 0.29) is 12.5 Å². The van der Waals surface area contributed by atoms with E-state index in [1.54, 1.807) is 10.9 Å². The predicted molar refractivity (Wildman–Crippen MR) is 72.3 cm³/mol. The third-order valence-corrected chi connectivity index (χ3v) is 4.21. The molecular formula is C13H21N5O2. The highest BCUT2D eigenvalue weighted by Crippen LogP contribution is 2.20. The van der Waals surface area contributed by atoms with Gasteiger partial charge in [-0.15, -0.1) is 5.10 Å². The van der Waals surface area contributed by atoms with Gasteiger partial charge in [0.1, 0.15) is 0 Å². The van der Waals surface area contributed by atoms with Crippen molar-refractivity contribution < 1.29 is 9.90 Å². The maximum atomic E-state index is 12.4. The normalized spacial score (nSPS) is 23.6. The van der Waals surface area contributed by atoms with Gasteiger partial charge in [0.15, 0.2) is 5.69 Å². The SMILES string of the molecule is O=C(c1cn(C2CNC2)nn1)N1CCCC(CCO)C1. The second-order valence-corrected chi connectivity index (χ2v) is 5.67. The van der Waals surface area contributed by atoms with Gasteiger partial charge in [-0.2, -0.15) is 0 Å². The first-order valence-electron chi connectivity index (χ1n) is 7.30. The average molecular weight is 279 g/mol. The number of hydrogen-bond acceptors (Lipinski definition) is 5. The average Bonchev–Trinajstić information content (AvgIpc) is 2.86. The Balaban J connectivity index is 1.63. The van der Waals surface area contributed by atoms with Crippen molar-refractivity contribution in [3.63, 3.8) is 0 Å². The fourth-order valence-corrected chi connectivity index (χ4v) is 2.84. The molecule has 0 radical (unpaired) electrons. The Morgan fingerprint density at radius 1 is 1.50 bits per heavy atom. The van der Waals surface area contributed by atoms with Crippen molar-refractivity contribution in [1.82, 2.24) is 25.2 Å². The molecule has 1 amide bonds. The molecule has 3 rings (SSSR count). The summed E-state index contributed by atoms with van der Waals surface area (Å²) in [6.45, 7) is 3.46. The molecule has 2 aliphatic rings. The molecule has 1 aromatic rings. The number of likely N-dealkylation sites (tertiary alicyclic amines) is 1. The van der Waals surface area contributed by atoms with Crippen LogP contribution in [0.3, 0.4) is 0 Å².